The van der Waals surface area contributed by atoms with Crippen molar-refractivity contribution in [2.24, 2.45) is 17.3 Å². The zero-order valence-electron chi connectivity index (χ0n) is 13.5. The van der Waals surface area contributed by atoms with Gasteiger partial charge in [-0.3, -0.25) is 0 Å². The molecule has 0 N–H and O–H groups in total. The summed E-state index contributed by atoms with van der Waals surface area (Å²) in [5.74, 6) is 1.00. The zero-order chi connectivity index (χ0) is 16.1. The van der Waals surface area contributed by atoms with Gasteiger partial charge in [0.25, 0.3) is 0 Å². The molecule has 1 saturated carbocycles. The molecule has 0 aliphatic heterocycles. The predicted molar refractivity (Wildman–Crippen MR) is 97.1 cm³/mol. The number of hydrogen-bond acceptors (Lipinski definition) is 1. The first kappa shape index (κ1) is 16.4. The van der Waals surface area contributed by atoms with Crippen LogP contribution in [0.15, 0.2) is 28.0 Å². The second kappa shape index (κ2) is 5.87. The highest BCUT2D eigenvalue weighted by Gasteiger charge is 2.49. The van der Waals surface area contributed by atoms with Gasteiger partial charge in [-0.2, -0.15) is 5.37 Å². The van der Waals surface area contributed by atoms with Gasteiger partial charge in [-0.1, -0.05) is 41.4 Å². The summed E-state index contributed by atoms with van der Waals surface area (Å²) in [6.07, 6.45) is 3.51. The predicted octanol–water partition coefficient (Wildman–Crippen LogP) is 4.08. The van der Waals surface area contributed by atoms with Crippen LogP contribution in [0.5, 0.6) is 0 Å². The van der Waals surface area contributed by atoms with E-state index in [0.717, 1.165) is 29.3 Å². The molecule has 1 aromatic rings. The lowest BCUT2D eigenvalue weighted by Gasteiger charge is -2.46. The van der Waals surface area contributed by atoms with E-state index in [9.17, 15) is 0 Å². The van der Waals surface area contributed by atoms with Crippen LogP contribution in [-0.4, -0.2) is 28.9 Å². The topological polar surface area (TPSA) is 9.23 Å². The fourth-order valence-electron chi connectivity index (χ4n) is 5.06. The fraction of sp³-hybridized carbons (Fsp3) is 0.556. The third-order valence-electron chi connectivity index (χ3n) is 5.51. The first-order chi connectivity index (χ1) is 10.4. The molecule has 1 nitrogen and oxygen atoms in total. The molecule has 22 heavy (non-hydrogen) atoms. The zero-order valence-corrected chi connectivity index (χ0v) is 15.1. The average Bonchev–Trinajstić information content (AvgIpc) is 2.70. The maximum atomic E-state index is 6.14. The molecule has 1 fully saturated rings. The highest BCUT2D eigenvalue weighted by Crippen LogP contribution is 2.58. The van der Waals surface area contributed by atoms with Crippen LogP contribution in [0.1, 0.15) is 37.8 Å². The number of rotatable bonds is 1. The number of methoxy groups -OCH3 is 1. The Kier molecular flexibility index (Phi) is 4.37. The summed E-state index contributed by atoms with van der Waals surface area (Å²) in [7, 11) is 14.1. The Bertz CT molecular complexity index is 610. The number of halogens is 1. The van der Waals surface area contributed by atoms with Crippen molar-refractivity contribution in [3.63, 3.8) is 0 Å². The van der Waals surface area contributed by atoms with Crippen molar-refractivity contribution in [1.29, 1.82) is 0 Å². The van der Waals surface area contributed by atoms with Crippen molar-refractivity contribution in [3.05, 3.63) is 39.2 Å². The molecule has 4 atom stereocenters. The second-order valence-electron chi connectivity index (χ2n) is 7.15. The maximum absolute atomic E-state index is 6.14. The minimum Gasteiger partial charge on any atom is -0.381 e. The van der Waals surface area contributed by atoms with E-state index in [1.165, 1.54) is 11.1 Å². The van der Waals surface area contributed by atoms with Gasteiger partial charge < -0.3 is 4.74 Å². The van der Waals surface area contributed by atoms with Gasteiger partial charge in [0.15, 0.2) is 0 Å². The van der Waals surface area contributed by atoms with Gasteiger partial charge in [-0.15, -0.1) is 0 Å². The number of ether oxygens (including phenoxy) is 1. The number of benzene rings is 1. The van der Waals surface area contributed by atoms with Crippen LogP contribution in [0.2, 0.25) is 0 Å². The highest BCUT2D eigenvalue weighted by molar-refractivity contribution is 9.10. The summed E-state index contributed by atoms with van der Waals surface area (Å²) >= 11 is 3.57. The van der Waals surface area contributed by atoms with E-state index in [2.05, 4.69) is 48.0 Å². The highest BCUT2D eigenvalue weighted by atomic mass is 79.9. The van der Waals surface area contributed by atoms with Gasteiger partial charge in [-0.25, -0.2) is 0 Å². The van der Waals surface area contributed by atoms with Crippen LogP contribution >= 0.6 is 15.9 Å². The Morgan fingerprint density at radius 2 is 1.86 bits per heavy atom. The number of fused-ring (bicyclic) bond motifs is 1. The van der Waals surface area contributed by atoms with Crippen LogP contribution in [0.3, 0.4) is 0 Å². The van der Waals surface area contributed by atoms with E-state index in [0.29, 0.717) is 23.3 Å². The van der Waals surface area contributed by atoms with Crippen molar-refractivity contribution in [1.82, 2.24) is 0 Å². The first-order valence-corrected chi connectivity index (χ1v) is 8.74. The normalized spacial score (nSPS) is 34.0. The quantitative estimate of drug-likeness (QED) is 0.690. The van der Waals surface area contributed by atoms with Gasteiger partial charge in [-0.05, 0) is 59.8 Å². The van der Waals surface area contributed by atoms with Gasteiger partial charge >= 0.3 is 0 Å². The van der Waals surface area contributed by atoms with Gasteiger partial charge in [0.1, 0.15) is 0 Å². The Labute approximate surface area is 144 Å². The van der Waals surface area contributed by atoms with E-state index in [1.54, 1.807) is 0 Å². The Morgan fingerprint density at radius 3 is 2.41 bits per heavy atom. The molecule has 0 saturated heterocycles. The van der Waals surface area contributed by atoms with Crippen molar-refractivity contribution < 1.29 is 4.74 Å². The SMILES string of the molecule is [B]C([B])=C1c2cc(Br)ccc2CC12C[C@@H](C)C(OC)[C@@H](C)C2. The van der Waals surface area contributed by atoms with Gasteiger partial charge in [0, 0.05) is 11.6 Å². The van der Waals surface area contributed by atoms with E-state index in [4.69, 9.17) is 20.4 Å². The Morgan fingerprint density at radius 1 is 1.23 bits per heavy atom. The standard InChI is InChI=1S/C18H21B2BrO/c1-10-7-18(8-11(2)16(10)22-3)9-12-4-5-13(21)6-14(12)15(18)17(19)20/h4-6,10-11,16H,7-9H2,1-3H3/t10-,11+,16?,18?. The van der Waals surface area contributed by atoms with Gasteiger partial charge in [0.05, 0.1) is 21.8 Å². The lowest BCUT2D eigenvalue weighted by Crippen LogP contribution is -2.42. The van der Waals surface area contributed by atoms with E-state index in [1.807, 2.05) is 7.11 Å². The molecule has 3 rings (SSSR count). The van der Waals surface area contributed by atoms with E-state index in [-0.39, 0.29) is 5.41 Å². The third-order valence-corrected chi connectivity index (χ3v) is 6.00. The molecule has 112 valence electrons. The molecule has 1 spiro atoms. The summed E-state index contributed by atoms with van der Waals surface area (Å²) in [6, 6.07) is 6.47. The maximum Gasteiger partial charge on any atom is 0.0927 e. The summed E-state index contributed by atoms with van der Waals surface area (Å²) in [6.45, 7) is 4.57. The molecule has 0 amide bonds. The van der Waals surface area contributed by atoms with Crippen molar-refractivity contribution >= 4 is 37.2 Å². The molecule has 0 aromatic heterocycles. The lowest BCUT2D eigenvalue weighted by molar-refractivity contribution is -0.0364. The smallest absolute Gasteiger partial charge is 0.0927 e. The molecule has 2 unspecified atom stereocenters. The molecule has 0 bridgehead atoms. The summed E-state index contributed by atoms with van der Waals surface area (Å²) < 4.78 is 6.80. The van der Waals surface area contributed by atoms with E-state index < -0.39 is 0 Å². The molecule has 2 aliphatic carbocycles. The molecule has 0 heterocycles. The van der Waals surface area contributed by atoms with Gasteiger partial charge in [0.2, 0.25) is 0 Å². The molecule has 2 aliphatic rings. The fourth-order valence-corrected chi connectivity index (χ4v) is 5.42. The summed E-state index contributed by atoms with van der Waals surface area (Å²) in [5.41, 5.74) is 3.82. The largest absolute Gasteiger partial charge is 0.381 e. The summed E-state index contributed by atoms with van der Waals surface area (Å²) in [4.78, 5) is 0. The second-order valence-corrected chi connectivity index (χ2v) is 8.07. The molecular formula is C18H21B2BrO. The van der Waals surface area contributed by atoms with Crippen molar-refractivity contribution in [3.8, 4) is 0 Å². The van der Waals surface area contributed by atoms with Crippen LogP contribution in [0.4, 0.5) is 0 Å². The van der Waals surface area contributed by atoms with E-state index >= 15 is 0 Å². The summed E-state index contributed by atoms with van der Waals surface area (Å²) in [5, 5.41) is 0.479. The average molecular weight is 355 g/mol. The van der Waals surface area contributed by atoms with Crippen LogP contribution in [0.25, 0.3) is 5.57 Å². The number of allylic oxidation sites excluding steroid dienone is 1. The third kappa shape index (κ3) is 2.53. The van der Waals surface area contributed by atoms with Crippen molar-refractivity contribution in [2.45, 2.75) is 39.2 Å². The van der Waals surface area contributed by atoms with Crippen LogP contribution in [0, 0.1) is 17.3 Å². The minimum absolute atomic E-state index is 0.0653. The van der Waals surface area contributed by atoms with Crippen LogP contribution < -0.4 is 0 Å². The molecule has 1 aromatic carbocycles. The number of hydrogen-bond donors (Lipinski definition) is 0. The van der Waals surface area contributed by atoms with Crippen LogP contribution in [-0.2, 0) is 11.2 Å². The molecular weight excluding hydrogens is 334 g/mol. The molecule has 4 radical (unpaired) electrons. The Hall–Kier alpha value is -0.470. The molecule has 4 heteroatoms. The minimum atomic E-state index is 0.0653. The van der Waals surface area contributed by atoms with Crippen molar-refractivity contribution in [2.75, 3.05) is 7.11 Å². The Balaban J connectivity index is 2.07. The monoisotopic (exact) mass is 354 g/mol. The lowest BCUT2D eigenvalue weighted by atomic mass is 9.58. The first-order valence-electron chi connectivity index (χ1n) is 7.95.